The minimum Gasteiger partial charge on any atom is -0.462 e. The molecule has 2 aromatic heterocycles. The van der Waals surface area contributed by atoms with E-state index in [0.717, 1.165) is 61.6 Å². The van der Waals surface area contributed by atoms with Crippen LogP contribution in [0, 0.1) is 11.8 Å². The second-order valence-electron chi connectivity index (χ2n) is 6.05. The summed E-state index contributed by atoms with van der Waals surface area (Å²) in [5, 5.41) is 4.23. The van der Waals surface area contributed by atoms with Crippen LogP contribution in [0.3, 0.4) is 0 Å². The number of hydrogen-bond acceptors (Lipinski definition) is 5. The number of furan rings is 1. The third-order valence-electron chi connectivity index (χ3n) is 4.75. The first kappa shape index (κ1) is 14.0. The Kier molecular flexibility index (Phi) is 3.72. The SMILES string of the molecule is O=C(c1cnc(-c2ccco2)s1)N1CC[C@@H]2CNC[C@@H]2CC1. The highest BCUT2D eigenvalue weighted by Gasteiger charge is 2.32. The Labute approximate surface area is 133 Å². The van der Waals surface area contributed by atoms with Crippen molar-refractivity contribution in [3.8, 4) is 10.8 Å². The molecule has 0 spiro atoms. The lowest BCUT2D eigenvalue weighted by Gasteiger charge is -2.19. The molecule has 0 radical (unpaired) electrons. The van der Waals surface area contributed by atoms with Gasteiger partial charge in [0.1, 0.15) is 4.88 Å². The van der Waals surface area contributed by atoms with Crippen molar-refractivity contribution in [1.29, 1.82) is 0 Å². The number of thiazole rings is 1. The van der Waals surface area contributed by atoms with E-state index < -0.39 is 0 Å². The summed E-state index contributed by atoms with van der Waals surface area (Å²) in [6.07, 6.45) is 5.51. The minimum absolute atomic E-state index is 0.114. The minimum atomic E-state index is 0.114. The fraction of sp³-hybridized carbons (Fsp3) is 0.500. The topological polar surface area (TPSA) is 58.4 Å². The number of nitrogens with zero attached hydrogens (tertiary/aromatic N) is 2. The Balaban J connectivity index is 1.47. The van der Waals surface area contributed by atoms with Crippen LogP contribution in [0.4, 0.5) is 0 Å². The molecule has 2 atom stereocenters. The zero-order valence-corrected chi connectivity index (χ0v) is 13.1. The lowest BCUT2D eigenvalue weighted by atomic mass is 9.92. The van der Waals surface area contributed by atoms with Crippen LogP contribution in [-0.4, -0.2) is 42.0 Å². The molecule has 2 fully saturated rings. The van der Waals surface area contributed by atoms with Crippen LogP contribution in [-0.2, 0) is 0 Å². The van der Waals surface area contributed by atoms with Gasteiger partial charge in [0.05, 0.1) is 12.5 Å². The molecule has 6 heteroatoms. The Morgan fingerprint density at radius 1 is 1.32 bits per heavy atom. The molecule has 0 saturated carbocycles. The second kappa shape index (κ2) is 5.85. The molecule has 22 heavy (non-hydrogen) atoms. The smallest absolute Gasteiger partial charge is 0.265 e. The third-order valence-corrected chi connectivity index (χ3v) is 5.75. The number of fused-ring (bicyclic) bond motifs is 1. The van der Waals surface area contributed by atoms with Crippen LogP contribution in [0.25, 0.3) is 10.8 Å². The summed E-state index contributed by atoms with van der Waals surface area (Å²) in [6.45, 7) is 3.93. The maximum atomic E-state index is 12.7. The summed E-state index contributed by atoms with van der Waals surface area (Å²) < 4.78 is 5.34. The summed E-state index contributed by atoms with van der Waals surface area (Å²) in [5.41, 5.74) is 0. The van der Waals surface area contributed by atoms with Gasteiger partial charge in [-0.05, 0) is 49.9 Å². The summed E-state index contributed by atoms with van der Waals surface area (Å²) >= 11 is 1.41. The van der Waals surface area contributed by atoms with Crippen LogP contribution in [0.15, 0.2) is 29.0 Å². The number of carbonyl (C=O) groups is 1. The largest absolute Gasteiger partial charge is 0.462 e. The monoisotopic (exact) mass is 317 g/mol. The average Bonchev–Trinajstić information content (AvgIpc) is 3.26. The van der Waals surface area contributed by atoms with E-state index >= 15 is 0 Å². The molecule has 4 heterocycles. The number of hydrogen-bond donors (Lipinski definition) is 1. The highest BCUT2D eigenvalue weighted by atomic mass is 32.1. The zero-order valence-electron chi connectivity index (χ0n) is 12.3. The molecule has 1 amide bonds. The molecule has 0 bridgehead atoms. The van der Waals surface area contributed by atoms with Crippen molar-refractivity contribution in [3.05, 3.63) is 29.5 Å². The number of aromatic nitrogens is 1. The third kappa shape index (κ3) is 2.57. The van der Waals surface area contributed by atoms with Crippen LogP contribution < -0.4 is 5.32 Å². The standard InChI is InChI=1S/C16H19N3O2S/c20-16(14-10-18-15(22-14)13-2-1-7-21-13)19-5-3-11-8-17-9-12(11)4-6-19/h1-2,7,10-12,17H,3-6,8-9H2/t11-,12+. The Morgan fingerprint density at radius 2 is 2.09 bits per heavy atom. The molecule has 4 rings (SSSR count). The van der Waals surface area contributed by atoms with Crippen molar-refractivity contribution in [1.82, 2.24) is 15.2 Å². The first-order valence-electron chi connectivity index (χ1n) is 7.81. The summed E-state index contributed by atoms with van der Waals surface area (Å²) in [6, 6.07) is 3.70. The van der Waals surface area contributed by atoms with Gasteiger partial charge in [0.2, 0.25) is 0 Å². The molecular weight excluding hydrogens is 298 g/mol. The van der Waals surface area contributed by atoms with E-state index in [1.165, 1.54) is 11.3 Å². The summed E-state index contributed by atoms with van der Waals surface area (Å²) in [5.74, 6) is 2.31. The van der Waals surface area contributed by atoms with Gasteiger partial charge in [-0.3, -0.25) is 4.79 Å². The summed E-state index contributed by atoms with van der Waals surface area (Å²) in [7, 11) is 0. The van der Waals surface area contributed by atoms with E-state index in [1.54, 1.807) is 12.5 Å². The predicted octanol–water partition coefficient (Wildman–Crippen LogP) is 2.47. The van der Waals surface area contributed by atoms with Gasteiger partial charge in [0.15, 0.2) is 10.8 Å². The maximum absolute atomic E-state index is 12.7. The van der Waals surface area contributed by atoms with Gasteiger partial charge < -0.3 is 14.6 Å². The van der Waals surface area contributed by atoms with Gasteiger partial charge in [0, 0.05) is 13.1 Å². The number of amides is 1. The Hall–Kier alpha value is -1.66. The van der Waals surface area contributed by atoms with Gasteiger partial charge in [0.25, 0.3) is 5.91 Å². The van der Waals surface area contributed by atoms with E-state index in [9.17, 15) is 4.79 Å². The van der Waals surface area contributed by atoms with Crippen molar-refractivity contribution in [3.63, 3.8) is 0 Å². The highest BCUT2D eigenvalue weighted by molar-refractivity contribution is 7.16. The first-order valence-corrected chi connectivity index (χ1v) is 8.62. The lowest BCUT2D eigenvalue weighted by molar-refractivity contribution is 0.0763. The van der Waals surface area contributed by atoms with Crippen molar-refractivity contribution >= 4 is 17.2 Å². The van der Waals surface area contributed by atoms with Crippen LogP contribution in [0.2, 0.25) is 0 Å². The molecule has 2 aliphatic heterocycles. The van der Waals surface area contributed by atoms with E-state index in [4.69, 9.17) is 4.42 Å². The highest BCUT2D eigenvalue weighted by Crippen LogP contribution is 2.30. The van der Waals surface area contributed by atoms with Crippen molar-refractivity contribution in [2.24, 2.45) is 11.8 Å². The number of likely N-dealkylation sites (tertiary alicyclic amines) is 1. The number of nitrogens with one attached hydrogen (secondary N) is 1. The molecule has 2 aromatic rings. The first-order chi connectivity index (χ1) is 10.8. The fourth-order valence-corrected chi connectivity index (χ4v) is 4.32. The van der Waals surface area contributed by atoms with Gasteiger partial charge in [-0.2, -0.15) is 0 Å². The van der Waals surface area contributed by atoms with Crippen molar-refractivity contribution in [2.75, 3.05) is 26.2 Å². The molecule has 0 aromatic carbocycles. The van der Waals surface area contributed by atoms with Crippen molar-refractivity contribution in [2.45, 2.75) is 12.8 Å². The van der Waals surface area contributed by atoms with E-state index in [1.807, 2.05) is 17.0 Å². The van der Waals surface area contributed by atoms with Gasteiger partial charge >= 0.3 is 0 Å². The zero-order chi connectivity index (χ0) is 14.9. The second-order valence-corrected chi connectivity index (χ2v) is 7.09. The van der Waals surface area contributed by atoms with Crippen LogP contribution in [0.5, 0.6) is 0 Å². The van der Waals surface area contributed by atoms with Gasteiger partial charge in [-0.15, -0.1) is 11.3 Å². The molecular formula is C16H19N3O2S. The van der Waals surface area contributed by atoms with Gasteiger partial charge in [-0.1, -0.05) is 0 Å². The Morgan fingerprint density at radius 3 is 2.77 bits per heavy atom. The quantitative estimate of drug-likeness (QED) is 0.924. The normalized spacial score (nSPS) is 25.0. The molecule has 2 aliphatic rings. The molecule has 116 valence electrons. The van der Waals surface area contributed by atoms with Crippen molar-refractivity contribution < 1.29 is 9.21 Å². The lowest BCUT2D eigenvalue weighted by Crippen LogP contribution is -2.32. The summed E-state index contributed by atoms with van der Waals surface area (Å²) in [4.78, 5) is 19.7. The molecule has 0 aliphatic carbocycles. The molecule has 5 nitrogen and oxygen atoms in total. The van der Waals surface area contributed by atoms with E-state index in [-0.39, 0.29) is 5.91 Å². The van der Waals surface area contributed by atoms with Gasteiger partial charge in [-0.25, -0.2) is 4.98 Å². The van der Waals surface area contributed by atoms with E-state index in [0.29, 0.717) is 4.88 Å². The predicted molar refractivity (Wildman–Crippen MR) is 84.8 cm³/mol. The Bertz CT molecular complexity index is 638. The number of rotatable bonds is 2. The average molecular weight is 317 g/mol. The van der Waals surface area contributed by atoms with E-state index in [2.05, 4.69) is 10.3 Å². The maximum Gasteiger partial charge on any atom is 0.265 e. The molecule has 2 saturated heterocycles. The van der Waals surface area contributed by atoms with Crippen LogP contribution >= 0.6 is 11.3 Å². The number of carbonyl (C=O) groups excluding carboxylic acids is 1. The molecule has 1 N–H and O–H groups in total. The molecule has 0 unspecified atom stereocenters. The van der Waals surface area contributed by atoms with Crippen LogP contribution in [0.1, 0.15) is 22.5 Å². The fourth-order valence-electron chi connectivity index (χ4n) is 3.46.